The number of thioether (sulfide) groups is 1. The van der Waals surface area contributed by atoms with Crippen LogP contribution in [0.3, 0.4) is 0 Å². The predicted molar refractivity (Wildman–Crippen MR) is 133 cm³/mol. The fourth-order valence-electron chi connectivity index (χ4n) is 4.12. The molecule has 0 amide bonds. The van der Waals surface area contributed by atoms with Crippen molar-refractivity contribution in [1.29, 1.82) is 0 Å². The first kappa shape index (κ1) is 22.3. The van der Waals surface area contributed by atoms with Gasteiger partial charge in [0.15, 0.2) is 5.16 Å². The zero-order valence-electron chi connectivity index (χ0n) is 18.2. The first-order valence-electron chi connectivity index (χ1n) is 11.1. The van der Waals surface area contributed by atoms with E-state index in [0.29, 0.717) is 11.4 Å². The molecule has 1 saturated heterocycles. The number of pyridine rings is 1. The molecule has 170 valence electrons. The SMILES string of the molecule is O=c1cc(CSc2nnc(CN3CCCCC3)n2Cc2ccccc2)nc2ccc(Br)cn12. The largest absolute Gasteiger partial charge is 0.300 e. The van der Waals surface area contributed by atoms with Gasteiger partial charge in [-0.2, -0.15) is 0 Å². The second-order valence-electron chi connectivity index (χ2n) is 8.26. The predicted octanol–water partition coefficient (Wildman–Crippen LogP) is 4.38. The highest BCUT2D eigenvalue weighted by Gasteiger charge is 2.18. The topological polar surface area (TPSA) is 68.3 Å². The van der Waals surface area contributed by atoms with E-state index in [9.17, 15) is 4.79 Å². The van der Waals surface area contributed by atoms with Crippen LogP contribution in [0.1, 0.15) is 36.3 Å². The molecule has 0 N–H and O–H groups in total. The second kappa shape index (κ2) is 10.2. The first-order valence-corrected chi connectivity index (χ1v) is 12.9. The van der Waals surface area contributed by atoms with Crippen LogP contribution in [0.2, 0.25) is 0 Å². The summed E-state index contributed by atoms with van der Waals surface area (Å²) < 4.78 is 4.60. The molecule has 0 atom stereocenters. The van der Waals surface area contributed by atoms with Crippen molar-refractivity contribution in [3.63, 3.8) is 0 Å². The minimum Gasteiger partial charge on any atom is -0.300 e. The van der Waals surface area contributed by atoms with Crippen LogP contribution < -0.4 is 5.56 Å². The molecular formula is C24H25BrN6OS. The number of rotatable bonds is 7. The van der Waals surface area contributed by atoms with Gasteiger partial charge in [-0.1, -0.05) is 48.5 Å². The summed E-state index contributed by atoms with van der Waals surface area (Å²) in [6, 6.07) is 15.7. The van der Waals surface area contributed by atoms with Gasteiger partial charge in [0, 0.05) is 22.5 Å². The van der Waals surface area contributed by atoms with Gasteiger partial charge in [0.25, 0.3) is 5.56 Å². The van der Waals surface area contributed by atoms with Crippen LogP contribution in [0.25, 0.3) is 5.65 Å². The van der Waals surface area contributed by atoms with E-state index in [1.165, 1.54) is 24.8 Å². The Morgan fingerprint density at radius 2 is 1.79 bits per heavy atom. The van der Waals surface area contributed by atoms with Crippen molar-refractivity contribution in [2.24, 2.45) is 0 Å². The van der Waals surface area contributed by atoms with Crippen molar-refractivity contribution >= 4 is 33.3 Å². The van der Waals surface area contributed by atoms with Crippen molar-refractivity contribution in [2.45, 2.75) is 43.3 Å². The van der Waals surface area contributed by atoms with Crippen molar-refractivity contribution in [3.8, 4) is 0 Å². The average molecular weight is 525 g/mol. The Labute approximate surface area is 205 Å². The van der Waals surface area contributed by atoms with E-state index in [2.05, 4.69) is 64.8 Å². The van der Waals surface area contributed by atoms with Crippen LogP contribution in [0, 0.1) is 0 Å². The Morgan fingerprint density at radius 1 is 0.970 bits per heavy atom. The third-order valence-corrected chi connectivity index (χ3v) is 7.29. The number of benzene rings is 1. The molecule has 9 heteroatoms. The molecule has 1 fully saturated rings. The molecule has 0 unspecified atom stereocenters. The molecule has 0 spiro atoms. The minimum atomic E-state index is -0.0894. The van der Waals surface area contributed by atoms with Gasteiger partial charge >= 0.3 is 0 Å². The Kier molecular flexibility index (Phi) is 6.89. The maximum atomic E-state index is 12.6. The third kappa shape index (κ3) is 5.37. The lowest BCUT2D eigenvalue weighted by atomic mass is 10.1. The normalized spacial score (nSPS) is 14.7. The molecule has 1 aliphatic heterocycles. The smallest absolute Gasteiger partial charge is 0.258 e. The average Bonchev–Trinajstić information content (AvgIpc) is 3.20. The summed E-state index contributed by atoms with van der Waals surface area (Å²) in [5, 5.41) is 9.93. The number of halogens is 1. The van der Waals surface area contributed by atoms with Gasteiger partial charge < -0.3 is 4.57 Å². The van der Waals surface area contributed by atoms with E-state index >= 15 is 0 Å². The Bertz CT molecular complexity index is 1300. The summed E-state index contributed by atoms with van der Waals surface area (Å²) in [4.78, 5) is 19.7. The van der Waals surface area contributed by atoms with Crippen LogP contribution in [0.5, 0.6) is 0 Å². The Hall–Kier alpha value is -2.49. The molecule has 4 heterocycles. The van der Waals surface area contributed by atoms with Gasteiger partial charge in [0.1, 0.15) is 11.5 Å². The van der Waals surface area contributed by atoms with Gasteiger partial charge in [-0.3, -0.25) is 14.1 Å². The number of fused-ring (bicyclic) bond motifs is 1. The summed E-state index contributed by atoms with van der Waals surface area (Å²) in [6.07, 6.45) is 5.54. The minimum absolute atomic E-state index is 0.0894. The lowest BCUT2D eigenvalue weighted by Gasteiger charge is -2.26. The van der Waals surface area contributed by atoms with E-state index in [1.54, 1.807) is 28.4 Å². The van der Waals surface area contributed by atoms with Crippen molar-refractivity contribution in [1.82, 2.24) is 29.0 Å². The highest BCUT2D eigenvalue weighted by atomic mass is 79.9. The monoisotopic (exact) mass is 524 g/mol. The summed E-state index contributed by atoms with van der Waals surface area (Å²) in [6.45, 7) is 3.76. The van der Waals surface area contributed by atoms with Crippen LogP contribution >= 0.6 is 27.7 Å². The number of hydrogen-bond acceptors (Lipinski definition) is 6. The van der Waals surface area contributed by atoms with Crippen LogP contribution in [-0.4, -0.2) is 42.1 Å². The molecule has 0 aliphatic carbocycles. The number of nitrogens with zero attached hydrogens (tertiary/aromatic N) is 6. The van der Waals surface area contributed by atoms with Gasteiger partial charge in [0.05, 0.1) is 18.8 Å². The van der Waals surface area contributed by atoms with Gasteiger partial charge in [-0.15, -0.1) is 10.2 Å². The number of piperidine rings is 1. The summed E-state index contributed by atoms with van der Waals surface area (Å²) in [5.74, 6) is 1.54. The number of likely N-dealkylation sites (tertiary alicyclic amines) is 1. The zero-order valence-corrected chi connectivity index (χ0v) is 20.6. The zero-order chi connectivity index (χ0) is 22.6. The number of aromatic nitrogens is 5. The Morgan fingerprint density at radius 3 is 2.61 bits per heavy atom. The Balaban J connectivity index is 1.39. The quantitative estimate of drug-likeness (QED) is 0.334. The third-order valence-electron chi connectivity index (χ3n) is 5.82. The lowest BCUT2D eigenvalue weighted by Crippen LogP contribution is -2.30. The second-order valence-corrected chi connectivity index (χ2v) is 10.1. The van der Waals surface area contributed by atoms with Gasteiger partial charge in [-0.05, 0) is 59.6 Å². The molecule has 0 bridgehead atoms. The van der Waals surface area contributed by atoms with Crippen molar-refractivity contribution in [2.75, 3.05) is 13.1 Å². The molecule has 3 aromatic heterocycles. The molecule has 4 aromatic rings. The molecule has 1 aliphatic rings. The molecule has 5 rings (SSSR count). The van der Waals surface area contributed by atoms with Crippen molar-refractivity contribution in [3.05, 3.63) is 86.6 Å². The van der Waals surface area contributed by atoms with Crippen LogP contribution in [0.15, 0.2) is 69.2 Å². The summed E-state index contributed by atoms with van der Waals surface area (Å²) >= 11 is 4.98. The lowest BCUT2D eigenvalue weighted by molar-refractivity contribution is 0.213. The highest BCUT2D eigenvalue weighted by molar-refractivity contribution is 9.10. The number of hydrogen-bond donors (Lipinski definition) is 0. The maximum absolute atomic E-state index is 12.6. The maximum Gasteiger partial charge on any atom is 0.258 e. The molecule has 33 heavy (non-hydrogen) atoms. The first-order chi connectivity index (χ1) is 16.2. The molecule has 7 nitrogen and oxygen atoms in total. The van der Waals surface area contributed by atoms with Crippen LogP contribution in [0.4, 0.5) is 0 Å². The van der Waals surface area contributed by atoms with E-state index in [-0.39, 0.29) is 5.56 Å². The van der Waals surface area contributed by atoms with Crippen molar-refractivity contribution < 1.29 is 0 Å². The summed E-state index contributed by atoms with van der Waals surface area (Å²) in [5.41, 5.74) is 2.50. The van der Waals surface area contributed by atoms with E-state index in [1.807, 2.05) is 18.2 Å². The van der Waals surface area contributed by atoms with E-state index < -0.39 is 0 Å². The van der Waals surface area contributed by atoms with E-state index in [0.717, 1.165) is 47.3 Å². The molecule has 0 saturated carbocycles. The standard InChI is InChI=1S/C24H25BrN6OS/c25-19-9-10-21-26-20(13-23(32)30(21)15-19)17-33-24-28-27-22(16-29-11-5-2-6-12-29)31(24)14-18-7-3-1-4-8-18/h1,3-4,7-10,13,15H,2,5-6,11-12,14,16-17H2. The van der Waals surface area contributed by atoms with Gasteiger partial charge in [0.2, 0.25) is 0 Å². The van der Waals surface area contributed by atoms with E-state index in [4.69, 9.17) is 0 Å². The molecule has 0 radical (unpaired) electrons. The molecule has 1 aromatic carbocycles. The highest BCUT2D eigenvalue weighted by Crippen LogP contribution is 2.24. The van der Waals surface area contributed by atoms with Gasteiger partial charge in [-0.25, -0.2) is 4.98 Å². The summed E-state index contributed by atoms with van der Waals surface area (Å²) in [7, 11) is 0. The fraction of sp³-hybridized carbons (Fsp3) is 0.333. The molecular weight excluding hydrogens is 500 g/mol. The van der Waals surface area contributed by atoms with Crippen LogP contribution in [-0.2, 0) is 18.8 Å². The fourth-order valence-corrected chi connectivity index (χ4v) is 5.31.